The van der Waals surface area contributed by atoms with Gasteiger partial charge in [0.25, 0.3) is 0 Å². The highest BCUT2D eigenvalue weighted by Gasteiger charge is 2.14. The number of anilines is 2. The summed E-state index contributed by atoms with van der Waals surface area (Å²) in [5.74, 6) is 0.377. The minimum atomic E-state index is -1.05. The number of benzene rings is 1. The fourth-order valence-corrected chi connectivity index (χ4v) is 2.09. The van der Waals surface area contributed by atoms with Crippen molar-refractivity contribution in [3.05, 3.63) is 54.2 Å². The quantitative estimate of drug-likeness (QED) is 0.769. The first-order valence-electron chi connectivity index (χ1n) is 6.57. The molecule has 3 aromatic rings. The Hall–Kier alpha value is -3.15. The SMILES string of the molecule is COc1ccc2cc(C(=O)O)c(Nc3ccccn3)nc2c1. The van der Waals surface area contributed by atoms with Crippen LogP contribution in [0.1, 0.15) is 10.4 Å². The normalized spacial score (nSPS) is 10.4. The molecule has 1 aromatic carbocycles. The van der Waals surface area contributed by atoms with E-state index in [0.717, 1.165) is 5.39 Å². The van der Waals surface area contributed by atoms with Gasteiger partial charge >= 0.3 is 5.97 Å². The van der Waals surface area contributed by atoms with Gasteiger partial charge in [-0.05, 0) is 30.3 Å². The first-order valence-corrected chi connectivity index (χ1v) is 6.57. The highest BCUT2D eigenvalue weighted by Crippen LogP contribution is 2.25. The molecule has 2 N–H and O–H groups in total. The van der Waals surface area contributed by atoms with Crippen molar-refractivity contribution in [3.63, 3.8) is 0 Å². The van der Waals surface area contributed by atoms with Crippen LogP contribution in [0.3, 0.4) is 0 Å². The minimum Gasteiger partial charge on any atom is -0.497 e. The molecular formula is C16H13N3O3. The van der Waals surface area contributed by atoms with E-state index in [1.165, 1.54) is 0 Å². The summed E-state index contributed by atoms with van der Waals surface area (Å²) in [7, 11) is 1.57. The van der Waals surface area contributed by atoms with Crippen LogP contribution in [-0.4, -0.2) is 28.2 Å². The van der Waals surface area contributed by atoms with Gasteiger partial charge in [-0.3, -0.25) is 0 Å². The molecule has 0 aliphatic carbocycles. The maximum Gasteiger partial charge on any atom is 0.339 e. The molecule has 0 unspecified atom stereocenters. The number of hydrogen-bond donors (Lipinski definition) is 2. The smallest absolute Gasteiger partial charge is 0.339 e. The number of pyridine rings is 2. The number of carboxylic acid groups (broad SMARTS) is 1. The maximum atomic E-state index is 11.5. The lowest BCUT2D eigenvalue weighted by atomic mass is 10.1. The summed E-state index contributed by atoms with van der Waals surface area (Å²) in [4.78, 5) is 20.0. The van der Waals surface area contributed by atoms with Crippen molar-refractivity contribution in [2.24, 2.45) is 0 Å². The standard InChI is InChI=1S/C16H13N3O3/c1-22-11-6-5-10-8-12(16(20)21)15(18-13(10)9-11)19-14-4-2-3-7-17-14/h2-9H,1H3,(H,20,21)(H,17,18,19). The third-order valence-corrected chi connectivity index (χ3v) is 3.17. The van der Waals surface area contributed by atoms with Gasteiger partial charge in [0.05, 0.1) is 12.6 Å². The molecule has 0 radical (unpaired) electrons. The Morgan fingerprint density at radius 2 is 2.09 bits per heavy atom. The summed E-state index contributed by atoms with van der Waals surface area (Å²) in [6.07, 6.45) is 1.62. The van der Waals surface area contributed by atoms with E-state index in [0.29, 0.717) is 17.1 Å². The molecule has 0 spiro atoms. The topological polar surface area (TPSA) is 84.3 Å². The summed E-state index contributed by atoms with van der Waals surface area (Å²) in [6.45, 7) is 0. The molecule has 0 atom stereocenters. The molecular weight excluding hydrogens is 282 g/mol. The monoisotopic (exact) mass is 295 g/mol. The molecule has 22 heavy (non-hydrogen) atoms. The van der Waals surface area contributed by atoms with E-state index >= 15 is 0 Å². The summed E-state index contributed by atoms with van der Waals surface area (Å²) >= 11 is 0. The van der Waals surface area contributed by atoms with Crippen molar-refractivity contribution in [1.29, 1.82) is 0 Å². The number of hydrogen-bond acceptors (Lipinski definition) is 5. The average molecular weight is 295 g/mol. The number of ether oxygens (including phenoxy) is 1. The van der Waals surface area contributed by atoms with Gasteiger partial charge in [0, 0.05) is 17.6 Å². The molecule has 0 saturated carbocycles. The lowest BCUT2D eigenvalue weighted by Gasteiger charge is -2.10. The van der Waals surface area contributed by atoms with Crippen molar-refractivity contribution >= 4 is 28.5 Å². The second kappa shape index (κ2) is 5.69. The first kappa shape index (κ1) is 13.8. The highest BCUT2D eigenvalue weighted by molar-refractivity contribution is 5.98. The molecule has 0 bridgehead atoms. The molecule has 0 saturated heterocycles. The van der Waals surface area contributed by atoms with Crippen molar-refractivity contribution in [1.82, 2.24) is 9.97 Å². The maximum absolute atomic E-state index is 11.5. The third kappa shape index (κ3) is 2.67. The number of carboxylic acids is 1. The molecule has 0 aliphatic rings. The lowest BCUT2D eigenvalue weighted by molar-refractivity contribution is 0.0698. The van der Waals surface area contributed by atoms with E-state index in [4.69, 9.17) is 4.74 Å². The largest absolute Gasteiger partial charge is 0.497 e. The zero-order chi connectivity index (χ0) is 15.5. The number of aromatic carboxylic acids is 1. The fraction of sp³-hybridized carbons (Fsp3) is 0.0625. The molecule has 0 aliphatic heterocycles. The van der Waals surface area contributed by atoms with Gasteiger partial charge in [-0.1, -0.05) is 6.07 Å². The summed E-state index contributed by atoms with van der Waals surface area (Å²) in [6, 6.07) is 12.2. The van der Waals surface area contributed by atoms with Gasteiger partial charge in [-0.15, -0.1) is 0 Å². The van der Waals surface area contributed by atoms with Crippen molar-refractivity contribution in [2.45, 2.75) is 0 Å². The Labute approximate surface area is 126 Å². The summed E-state index contributed by atoms with van der Waals surface area (Å²) in [5.41, 5.74) is 0.728. The molecule has 110 valence electrons. The van der Waals surface area contributed by atoms with Crippen molar-refractivity contribution < 1.29 is 14.6 Å². The summed E-state index contributed by atoms with van der Waals surface area (Å²) in [5, 5.41) is 13.0. The van der Waals surface area contributed by atoms with Gasteiger partial charge < -0.3 is 15.2 Å². The predicted octanol–water partition coefficient (Wildman–Crippen LogP) is 3.08. The van der Waals surface area contributed by atoms with Crippen LogP contribution in [0.4, 0.5) is 11.6 Å². The van der Waals surface area contributed by atoms with Gasteiger partial charge in [0.1, 0.15) is 22.9 Å². The molecule has 2 heterocycles. The van der Waals surface area contributed by atoms with Crippen molar-refractivity contribution in [3.8, 4) is 5.75 Å². The van der Waals surface area contributed by atoms with Crippen LogP contribution in [0, 0.1) is 0 Å². The zero-order valence-electron chi connectivity index (χ0n) is 11.8. The van der Waals surface area contributed by atoms with Crippen LogP contribution in [-0.2, 0) is 0 Å². The number of aromatic nitrogens is 2. The van der Waals surface area contributed by atoms with Crippen LogP contribution in [0.15, 0.2) is 48.7 Å². The summed E-state index contributed by atoms with van der Waals surface area (Å²) < 4.78 is 5.17. The molecule has 3 rings (SSSR count). The molecule has 0 amide bonds. The number of nitrogens with zero attached hydrogens (tertiary/aromatic N) is 2. The number of fused-ring (bicyclic) bond motifs is 1. The zero-order valence-corrected chi connectivity index (χ0v) is 11.8. The van der Waals surface area contributed by atoms with Gasteiger partial charge in [-0.25, -0.2) is 14.8 Å². The van der Waals surface area contributed by atoms with E-state index in [1.54, 1.807) is 55.8 Å². The third-order valence-electron chi connectivity index (χ3n) is 3.17. The second-order valence-corrected chi connectivity index (χ2v) is 4.59. The van der Waals surface area contributed by atoms with Gasteiger partial charge in [0.15, 0.2) is 0 Å². The average Bonchev–Trinajstić information content (AvgIpc) is 2.54. The Balaban J connectivity index is 2.13. The van der Waals surface area contributed by atoms with Crippen LogP contribution < -0.4 is 10.1 Å². The molecule has 2 aromatic heterocycles. The fourth-order valence-electron chi connectivity index (χ4n) is 2.09. The number of rotatable bonds is 4. The van der Waals surface area contributed by atoms with E-state index in [9.17, 15) is 9.90 Å². The lowest BCUT2D eigenvalue weighted by Crippen LogP contribution is -2.06. The Morgan fingerprint density at radius 3 is 2.77 bits per heavy atom. The molecule has 6 nitrogen and oxygen atoms in total. The predicted molar refractivity (Wildman–Crippen MR) is 82.8 cm³/mol. The van der Waals surface area contributed by atoms with E-state index in [2.05, 4.69) is 15.3 Å². The Bertz CT molecular complexity index is 835. The van der Waals surface area contributed by atoms with E-state index in [1.807, 2.05) is 0 Å². The number of methoxy groups -OCH3 is 1. The van der Waals surface area contributed by atoms with Gasteiger partial charge in [0.2, 0.25) is 0 Å². The Morgan fingerprint density at radius 1 is 1.23 bits per heavy atom. The van der Waals surface area contributed by atoms with Crippen LogP contribution in [0.25, 0.3) is 10.9 Å². The number of carbonyl (C=O) groups is 1. The van der Waals surface area contributed by atoms with Crippen LogP contribution in [0.5, 0.6) is 5.75 Å². The Kier molecular flexibility index (Phi) is 3.57. The van der Waals surface area contributed by atoms with E-state index in [-0.39, 0.29) is 11.4 Å². The van der Waals surface area contributed by atoms with Crippen LogP contribution in [0.2, 0.25) is 0 Å². The second-order valence-electron chi connectivity index (χ2n) is 4.59. The number of nitrogens with one attached hydrogen (secondary N) is 1. The highest BCUT2D eigenvalue weighted by atomic mass is 16.5. The molecule has 0 fully saturated rings. The first-order chi connectivity index (χ1) is 10.7. The van der Waals surface area contributed by atoms with E-state index < -0.39 is 5.97 Å². The van der Waals surface area contributed by atoms with Gasteiger partial charge in [-0.2, -0.15) is 0 Å². The minimum absolute atomic E-state index is 0.0864. The van der Waals surface area contributed by atoms with Crippen molar-refractivity contribution in [2.75, 3.05) is 12.4 Å². The van der Waals surface area contributed by atoms with Crippen LogP contribution >= 0.6 is 0 Å². The molecule has 6 heteroatoms.